The molecule has 0 saturated heterocycles. The normalized spacial score (nSPS) is 9.17. The fourth-order valence-corrected chi connectivity index (χ4v) is 1.38. The van der Waals surface area contributed by atoms with Crippen molar-refractivity contribution < 1.29 is 5.11 Å². The Kier molecular flexibility index (Phi) is 3.33. The highest BCUT2D eigenvalue weighted by atomic mass is 127. The Morgan fingerprint density at radius 3 is 2.92 bits per heavy atom. The molecular formula is C7H6IN3O. The predicted octanol–water partition coefficient (Wildman–Crippen LogP) is 2.73. The van der Waals surface area contributed by atoms with Gasteiger partial charge in [0.15, 0.2) is 0 Å². The van der Waals surface area contributed by atoms with Gasteiger partial charge in [-0.15, -0.1) is 0 Å². The van der Waals surface area contributed by atoms with E-state index in [0.717, 1.165) is 3.57 Å². The lowest BCUT2D eigenvalue weighted by molar-refractivity contribution is 0.282. The van der Waals surface area contributed by atoms with Gasteiger partial charge in [-0.05, 0) is 45.8 Å². The van der Waals surface area contributed by atoms with Crippen LogP contribution in [0.3, 0.4) is 0 Å². The summed E-state index contributed by atoms with van der Waals surface area (Å²) in [6.07, 6.45) is 0. The van der Waals surface area contributed by atoms with Gasteiger partial charge in [-0.3, -0.25) is 0 Å². The molecule has 0 bridgehead atoms. The standard InChI is InChI=1S/C7H6IN3O/c8-6-1-2-7(10-11-9)5(3-6)4-12/h1-3,12H,4H2. The molecule has 0 heterocycles. The van der Waals surface area contributed by atoms with Crippen LogP contribution >= 0.6 is 22.6 Å². The van der Waals surface area contributed by atoms with Crippen LogP contribution in [0.1, 0.15) is 5.56 Å². The molecule has 0 fully saturated rings. The van der Waals surface area contributed by atoms with E-state index >= 15 is 0 Å². The molecule has 1 aromatic carbocycles. The molecule has 0 saturated carbocycles. The Balaban J connectivity index is 3.19. The van der Waals surface area contributed by atoms with Gasteiger partial charge in [-0.1, -0.05) is 11.2 Å². The van der Waals surface area contributed by atoms with Crippen LogP contribution in [0, 0.1) is 3.57 Å². The van der Waals surface area contributed by atoms with E-state index in [4.69, 9.17) is 10.6 Å². The first-order valence-electron chi connectivity index (χ1n) is 3.22. The summed E-state index contributed by atoms with van der Waals surface area (Å²) in [6.45, 7) is -0.106. The molecule has 5 heteroatoms. The number of benzene rings is 1. The average molecular weight is 275 g/mol. The number of halogens is 1. The molecule has 0 aromatic heterocycles. The summed E-state index contributed by atoms with van der Waals surface area (Å²) in [6, 6.07) is 5.29. The summed E-state index contributed by atoms with van der Waals surface area (Å²) >= 11 is 2.13. The summed E-state index contributed by atoms with van der Waals surface area (Å²) < 4.78 is 1.01. The molecule has 0 amide bonds. The maximum absolute atomic E-state index is 8.88. The lowest BCUT2D eigenvalue weighted by atomic mass is 10.2. The van der Waals surface area contributed by atoms with Crippen molar-refractivity contribution in [3.05, 3.63) is 37.8 Å². The van der Waals surface area contributed by atoms with Crippen molar-refractivity contribution >= 4 is 28.3 Å². The first kappa shape index (κ1) is 9.31. The first-order chi connectivity index (χ1) is 5.77. The molecule has 1 rings (SSSR count). The zero-order valence-electron chi connectivity index (χ0n) is 6.11. The number of hydrogen-bond acceptors (Lipinski definition) is 2. The zero-order chi connectivity index (χ0) is 8.97. The second-order valence-corrected chi connectivity index (χ2v) is 3.37. The van der Waals surface area contributed by atoms with Gasteiger partial charge < -0.3 is 5.11 Å². The Labute approximate surface area is 83.0 Å². The summed E-state index contributed by atoms with van der Waals surface area (Å²) in [7, 11) is 0. The fraction of sp³-hybridized carbons (Fsp3) is 0.143. The highest BCUT2D eigenvalue weighted by Crippen LogP contribution is 2.21. The van der Waals surface area contributed by atoms with Crippen LogP contribution in [0.2, 0.25) is 0 Å². The van der Waals surface area contributed by atoms with E-state index in [1.807, 2.05) is 6.07 Å². The molecular weight excluding hydrogens is 269 g/mol. The molecule has 0 spiro atoms. The van der Waals surface area contributed by atoms with Crippen molar-refractivity contribution in [2.75, 3.05) is 0 Å². The van der Waals surface area contributed by atoms with Crippen molar-refractivity contribution in [1.29, 1.82) is 0 Å². The third kappa shape index (κ3) is 2.10. The van der Waals surface area contributed by atoms with Crippen LogP contribution in [0.25, 0.3) is 10.4 Å². The molecule has 12 heavy (non-hydrogen) atoms. The third-order valence-corrected chi connectivity index (χ3v) is 2.04. The summed E-state index contributed by atoms with van der Waals surface area (Å²) in [5.41, 5.74) is 9.32. The monoisotopic (exact) mass is 275 g/mol. The number of rotatable bonds is 2. The first-order valence-corrected chi connectivity index (χ1v) is 4.30. The van der Waals surface area contributed by atoms with Crippen LogP contribution in [0.5, 0.6) is 0 Å². The molecule has 1 N–H and O–H groups in total. The molecule has 0 aliphatic rings. The number of aliphatic hydroxyl groups is 1. The third-order valence-electron chi connectivity index (χ3n) is 1.36. The largest absolute Gasteiger partial charge is 0.392 e. The molecule has 1 aromatic rings. The summed E-state index contributed by atoms with van der Waals surface area (Å²) in [4.78, 5) is 2.66. The maximum atomic E-state index is 8.88. The molecule has 0 aliphatic carbocycles. The van der Waals surface area contributed by atoms with Gasteiger partial charge in [0.05, 0.1) is 6.61 Å². The average Bonchev–Trinajstić information content (AvgIpc) is 2.08. The van der Waals surface area contributed by atoms with Crippen molar-refractivity contribution in [2.45, 2.75) is 6.61 Å². The van der Waals surface area contributed by atoms with E-state index in [1.165, 1.54) is 0 Å². The van der Waals surface area contributed by atoms with E-state index in [-0.39, 0.29) is 6.61 Å². The molecule has 0 aliphatic heterocycles. The molecule has 62 valence electrons. The molecule has 4 nitrogen and oxygen atoms in total. The highest BCUT2D eigenvalue weighted by molar-refractivity contribution is 14.1. The van der Waals surface area contributed by atoms with Crippen molar-refractivity contribution in [3.63, 3.8) is 0 Å². The number of aliphatic hydroxyl groups excluding tert-OH is 1. The topological polar surface area (TPSA) is 69.0 Å². The zero-order valence-corrected chi connectivity index (χ0v) is 8.26. The van der Waals surface area contributed by atoms with E-state index in [2.05, 4.69) is 32.6 Å². The second kappa shape index (κ2) is 4.30. The number of nitrogens with zero attached hydrogens (tertiary/aromatic N) is 3. The second-order valence-electron chi connectivity index (χ2n) is 2.12. The van der Waals surface area contributed by atoms with E-state index in [0.29, 0.717) is 11.3 Å². The van der Waals surface area contributed by atoms with E-state index in [1.54, 1.807) is 12.1 Å². The van der Waals surface area contributed by atoms with E-state index in [9.17, 15) is 0 Å². The van der Waals surface area contributed by atoms with Crippen molar-refractivity contribution in [3.8, 4) is 0 Å². The molecule has 0 unspecified atom stereocenters. The number of azide groups is 1. The lowest BCUT2D eigenvalue weighted by Crippen LogP contribution is -1.84. The van der Waals surface area contributed by atoms with Crippen molar-refractivity contribution in [1.82, 2.24) is 0 Å². The minimum absolute atomic E-state index is 0.106. The van der Waals surface area contributed by atoms with E-state index < -0.39 is 0 Å². The van der Waals surface area contributed by atoms with Gasteiger partial charge in [0.1, 0.15) is 0 Å². The van der Waals surface area contributed by atoms with Crippen LogP contribution in [0.4, 0.5) is 5.69 Å². The van der Waals surface area contributed by atoms with Gasteiger partial charge in [-0.2, -0.15) is 0 Å². The summed E-state index contributed by atoms with van der Waals surface area (Å²) in [5, 5.41) is 12.3. The quantitative estimate of drug-likeness (QED) is 0.383. The van der Waals surface area contributed by atoms with Crippen LogP contribution in [0.15, 0.2) is 23.3 Å². The van der Waals surface area contributed by atoms with Gasteiger partial charge in [0.25, 0.3) is 0 Å². The maximum Gasteiger partial charge on any atom is 0.0686 e. The fourth-order valence-electron chi connectivity index (χ4n) is 0.826. The summed E-state index contributed by atoms with van der Waals surface area (Å²) in [5.74, 6) is 0. The molecule has 0 radical (unpaired) electrons. The minimum atomic E-state index is -0.106. The molecule has 0 atom stereocenters. The van der Waals surface area contributed by atoms with Gasteiger partial charge in [0.2, 0.25) is 0 Å². The van der Waals surface area contributed by atoms with Gasteiger partial charge in [0, 0.05) is 14.2 Å². The SMILES string of the molecule is [N-]=[N+]=Nc1ccc(I)cc1CO. The van der Waals surface area contributed by atoms with Crippen molar-refractivity contribution in [2.24, 2.45) is 5.11 Å². The predicted molar refractivity (Wildman–Crippen MR) is 53.9 cm³/mol. The lowest BCUT2D eigenvalue weighted by Gasteiger charge is -2.00. The van der Waals surface area contributed by atoms with Crippen LogP contribution in [-0.4, -0.2) is 5.11 Å². The van der Waals surface area contributed by atoms with Crippen LogP contribution < -0.4 is 0 Å². The Bertz CT molecular complexity index is 333. The Morgan fingerprint density at radius 1 is 1.58 bits per heavy atom. The van der Waals surface area contributed by atoms with Gasteiger partial charge >= 0.3 is 0 Å². The highest BCUT2D eigenvalue weighted by Gasteiger charge is 1.98. The Hall–Kier alpha value is -0.780. The van der Waals surface area contributed by atoms with Crippen LogP contribution in [-0.2, 0) is 6.61 Å². The minimum Gasteiger partial charge on any atom is -0.392 e. The number of hydrogen-bond donors (Lipinski definition) is 1. The Morgan fingerprint density at radius 2 is 2.33 bits per heavy atom. The smallest absolute Gasteiger partial charge is 0.0686 e. The van der Waals surface area contributed by atoms with Gasteiger partial charge in [-0.25, -0.2) is 0 Å².